The fourth-order valence-corrected chi connectivity index (χ4v) is 15.5. The Hall–Kier alpha value is -7.04. The minimum absolute atomic E-state index is 1.05. The van der Waals surface area contributed by atoms with Crippen molar-refractivity contribution in [1.29, 1.82) is 0 Å². The number of aromatic nitrogens is 4. The molecule has 0 unspecified atom stereocenters. The zero-order valence-corrected chi connectivity index (χ0v) is 55.1. The van der Waals surface area contributed by atoms with Crippen LogP contribution in [0.2, 0.25) is 0 Å². The summed E-state index contributed by atoms with van der Waals surface area (Å²) < 4.78 is 10.4. The Labute approximate surface area is 533 Å². The molecular formula is C85H104N4. The van der Waals surface area contributed by atoms with Crippen LogP contribution in [0.5, 0.6) is 0 Å². The van der Waals surface area contributed by atoms with Crippen molar-refractivity contribution in [2.24, 2.45) is 7.05 Å². The molecular weight excluding hydrogens is 1080 g/mol. The van der Waals surface area contributed by atoms with E-state index in [4.69, 9.17) is 0 Å². The van der Waals surface area contributed by atoms with Crippen molar-refractivity contribution >= 4 is 87.2 Å². The van der Waals surface area contributed by atoms with Crippen molar-refractivity contribution in [2.75, 3.05) is 0 Å². The Morgan fingerprint density at radius 3 is 0.820 bits per heavy atom. The number of benzene rings is 8. The lowest BCUT2D eigenvalue weighted by Gasteiger charge is -2.10. The molecule has 0 N–H and O–H groups in total. The van der Waals surface area contributed by atoms with Gasteiger partial charge < -0.3 is 18.3 Å². The molecule has 0 saturated carbocycles. The van der Waals surface area contributed by atoms with Crippen LogP contribution in [-0.4, -0.2) is 18.3 Å². The summed E-state index contributed by atoms with van der Waals surface area (Å²) in [7, 11) is 2.23. The van der Waals surface area contributed by atoms with Crippen molar-refractivity contribution in [3.63, 3.8) is 0 Å². The van der Waals surface area contributed by atoms with Crippen molar-refractivity contribution in [1.82, 2.24) is 18.3 Å². The summed E-state index contributed by atoms with van der Waals surface area (Å²) in [5, 5.41) is 11.0. The number of para-hydroxylation sites is 2. The minimum atomic E-state index is 1.05. The number of rotatable bonds is 36. The van der Waals surface area contributed by atoms with Crippen LogP contribution in [0.3, 0.4) is 0 Å². The lowest BCUT2D eigenvalue weighted by atomic mass is 9.97. The molecule has 4 heterocycles. The molecule has 0 aliphatic heterocycles. The van der Waals surface area contributed by atoms with E-state index in [2.05, 4.69) is 204 Å². The predicted molar refractivity (Wildman–Crippen MR) is 391 cm³/mol. The highest BCUT2D eigenvalue weighted by Gasteiger charge is 2.20. The second-order valence-corrected chi connectivity index (χ2v) is 27.0. The summed E-state index contributed by atoms with van der Waals surface area (Å²) in [6, 6.07) is 61.5. The van der Waals surface area contributed by atoms with Gasteiger partial charge in [-0.05, 0) is 113 Å². The fourth-order valence-electron chi connectivity index (χ4n) is 15.5. The van der Waals surface area contributed by atoms with Crippen molar-refractivity contribution in [3.8, 4) is 33.4 Å². The van der Waals surface area contributed by atoms with E-state index in [1.807, 2.05) is 0 Å². The molecule has 0 fully saturated rings. The van der Waals surface area contributed by atoms with Crippen LogP contribution in [0, 0.1) is 0 Å². The molecule has 464 valence electrons. The second kappa shape index (κ2) is 30.6. The molecule has 4 heteroatoms. The van der Waals surface area contributed by atoms with Gasteiger partial charge in [0.2, 0.25) is 0 Å². The molecule has 89 heavy (non-hydrogen) atoms. The van der Waals surface area contributed by atoms with Crippen LogP contribution in [0.15, 0.2) is 158 Å². The molecule has 4 aromatic heterocycles. The SMILES string of the molecule is CCCCCCCCCCCCn1c2ccc(-c3ccc(-c4ccc(-c5ccc6c(c5)c5cc7c(cc5n6CCCCCCCCCCCC)c5ccccc5n7CCCCCCCCCCCC)cc4)cc3)cc2c2cc3c(cc21)c1ccccc1n3C. The summed E-state index contributed by atoms with van der Waals surface area (Å²) in [4.78, 5) is 0. The highest BCUT2D eigenvalue weighted by atomic mass is 15.0. The monoisotopic (exact) mass is 1180 g/mol. The molecule has 12 rings (SSSR count). The molecule has 0 spiro atoms. The van der Waals surface area contributed by atoms with Gasteiger partial charge in [-0.2, -0.15) is 0 Å². The third-order valence-corrected chi connectivity index (χ3v) is 20.6. The van der Waals surface area contributed by atoms with E-state index in [0.29, 0.717) is 0 Å². The first kappa shape index (κ1) is 62.2. The van der Waals surface area contributed by atoms with Gasteiger partial charge in [0.15, 0.2) is 0 Å². The number of aryl methyl sites for hydroxylation is 4. The van der Waals surface area contributed by atoms with Gasteiger partial charge in [-0.3, -0.25) is 0 Å². The van der Waals surface area contributed by atoms with Crippen molar-refractivity contribution in [3.05, 3.63) is 158 Å². The Kier molecular flexibility index (Phi) is 21.4. The standard InChI is InChI=1S/C85H104N4/c1-5-8-11-14-17-20-23-26-29-36-55-87-79-42-35-33-40-71(79)75-62-85-77(63-83(75)87)73-59-69(52-54-81(73)89(85)57-38-31-28-25-22-19-16-13-10-7-3)67-49-45-65(46-50-67)64-43-47-66(48-44-64)68-51-53-80-72(58-68)76-60-82-74(70-39-32-34-41-78(70)86(82)4)61-84(76)88(80)56-37-30-27-24-21-18-15-12-9-6-2/h32-35,39-54,58-63H,5-31,36-38,55-57H2,1-4H3. The van der Waals surface area contributed by atoms with Gasteiger partial charge in [0.05, 0.1) is 0 Å². The van der Waals surface area contributed by atoms with Gasteiger partial charge in [0, 0.05) is 114 Å². The maximum Gasteiger partial charge on any atom is 0.0499 e. The number of fused-ring (bicyclic) bond motifs is 12. The van der Waals surface area contributed by atoms with Gasteiger partial charge in [0.25, 0.3) is 0 Å². The summed E-state index contributed by atoms with van der Waals surface area (Å²) in [6.07, 6.45) is 40.6. The molecule has 0 aliphatic carbocycles. The molecule has 0 radical (unpaired) electrons. The van der Waals surface area contributed by atoms with Crippen LogP contribution < -0.4 is 0 Å². The highest BCUT2D eigenvalue weighted by Crippen LogP contribution is 2.42. The Morgan fingerprint density at radius 2 is 0.449 bits per heavy atom. The van der Waals surface area contributed by atoms with Gasteiger partial charge in [0.1, 0.15) is 0 Å². The lowest BCUT2D eigenvalue weighted by Crippen LogP contribution is -1.99. The summed E-state index contributed by atoms with van der Waals surface area (Å²) in [5.74, 6) is 0. The first-order chi connectivity index (χ1) is 44.0. The molecule has 12 aromatic rings. The third-order valence-electron chi connectivity index (χ3n) is 20.6. The van der Waals surface area contributed by atoms with E-state index >= 15 is 0 Å². The van der Waals surface area contributed by atoms with Crippen LogP contribution in [0.1, 0.15) is 213 Å². The predicted octanol–water partition coefficient (Wildman–Crippen LogP) is 26.4. The van der Waals surface area contributed by atoms with E-state index in [1.165, 1.54) is 313 Å². The van der Waals surface area contributed by atoms with E-state index in [-0.39, 0.29) is 0 Å². The zero-order valence-electron chi connectivity index (χ0n) is 55.1. The summed E-state index contributed by atoms with van der Waals surface area (Å²) >= 11 is 0. The van der Waals surface area contributed by atoms with Gasteiger partial charge >= 0.3 is 0 Å². The molecule has 0 aliphatic rings. The lowest BCUT2D eigenvalue weighted by molar-refractivity contribution is 0.541. The maximum absolute atomic E-state index is 2.68. The molecule has 4 nitrogen and oxygen atoms in total. The zero-order chi connectivity index (χ0) is 60.7. The maximum atomic E-state index is 2.68. The molecule has 0 atom stereocenters. The number of nitrogens with zero attached hydrogens (tertiary/aromatic N) is 4. The van der Waals surface area contributed by atoms with Crippen LogP contribution in [0.25, 0.3) is 121 Å². The van der Waals surface area contributed by atoms with Crippen LogP contribution >= 0.6 is 0 Å². The number of hydrogen-bond donors (Lipinski definition) is 0. The molecule has 0 saturated heterocycles. The van der Waals surface area contributed by atoms with Crippen molar-refractivity contribution in [2.45, 2.75) is 233 Å². The average molecular weight is 1180 g/mol. The first-order valence-corrected chi connectivity index (χ1v) is 36.1. The number of hydrogen-bond acceptors (Lipinski definition) is 0. The van der Waals surface area contributed by atoms with Gasteiger partial charge in [-0.15, -0.1) is 0 Å². The molecule has 0 amide bonds. The van der Waals surface area contributed by atoms with Crippen LogP contribution in [-0.2, 0) is 26.7 Å². The highest BCUT2D eigenvalue weighted by molar-refractivity contribution is 6.20. The van der Waals surface area contributed by atoms with Gasteiger partial charge in [-0.1, -0.05) is 291 Å². The van der Waals surface area contributed by atoms with Gasteiger partial charge in [-0.25, -0.2) is 0 Å². The van der Waals surface area contributed by atoms with Crippen LogP contribution in [0.4, 0.5) is 0 Å². The smallest absolute Gasteiger partial charge is 0.0499 e. The fraction of sp³-hybridized carbons (Fsp3) is 0.435. The topological polar surface area (TPSA) is 19.7 Å². The first-order valence-electron chi connectivity index (χ1n) is 36.1. The second-order valence-electron chi connectivity index (χ2n) is 27.0. The van der Waals surface area contributed by atoms with E-state index in [1.54, 1.807) is 0 Å². The summed E-state index contributed by atoms with van der Waals surface area (Å²) in [6.45, 7) is 10.1. The van der Waals surface area contributed by atoms with E-state index < -0.39 is 0 Å². The quantitative estimate of drug-likeness (QED) is 0.0349. The number of unbranched alkanes of at least 4 members (excludes halogenated alkanes) is 27. The minimum Gasteiger partial charge on any atom is -0.344 e. The molecule has 0 bridgehead atoms. The summed E-state index contributed by atoms with van der Waals surface area (Å²) in [5.41, 5.74) is 18.4. The Bertz CT molecular complexity index is 4230. The third kappa shape index (κ3) is 14.1. The average Bonchev–Trinajstić information content (AvgIpc) is 1.92. The van der Waals surface area contributed by atoms with Crippen molar-refractivity contribution < 1.29 is 0 Å². The molecule has 8 aromatic carbocycles. The Balaban J connectivity index is 0.789. The van der Waals surface area contributed by atoms with E-state index in [9.17, 15) is 0 Å². The Morgan fingerprint density at radius 1 is 0.202 bits per heavy atom. The largest absolute Gasteiger partial charge is 0.344 e. The normalized spacial score (nSPS) is 12.2. The van der Waals surface area contributed by atoms with E-state index in [0.717, 1.165) is 19.6 Å².